The standard InChI is InChI=1S/C21H19F2N3O2.C2H6/c1-4-17(24)26-21(27)12-9-11(2)20-14(10-12)13(7-8-25-20)18-15(22)5-6-16(28-3)19(18)23;1-2/h5-10H,4H2,1-3H3,(H2,24,26,27);1-2H3. The molecule has 0 saturated carbocycles. The molecule has 0 bridgehead atoms. The highest BCUT2D eigenvalue weighted by molar-refractivity contribution is 6.07. The summed E-state index contributed by atoms with van der Waals surface area (Å²) < 4.78 is 34.3. The van der Waals surface area contributed by atoms with Gasteiger partial charge in [0.05, 0.1) is 18.2 Å². The Morgan fingerprint density at radius 3 is 2.53 bits per heavy atom. The smallest absolute Gasteiger partial charge is 0.278 e. The van der Waals surface area contributed by atoms with Crippen molar-refractivity contribution in [3.63, 3.8) is 0 Å². The number of hydrogen-bond donors (Lipinski definition) is 1. The van der Waals surface area contributed by atoms with Crippen molar-refractivity contribution in [1.29, 1.82) is 0 Å². The number of carbonyl (C=O) groups is 1. The van der Waals surface area contributed by atoms with Crippen LogP contribution in [0.2, 0.25) is 0 Å². The molecule has 0 unspecified atom stereocenters. The van der Waals surface area contributed by atoms with Gasteiger partial charge >= 0.3 is 0 Å². The molecule has 0 saturated heterocycles. The van der Waals surface area contributed by atoms with Crippen molar-refractivity contribution in [1.82, 2.24) is 4.98 Å². The van der Waals surface area contributed by atoms with E-state index in [-0.39, 0.29) is 28.3 Å². The monoisotopic (exact) mass is 413 g/mol. The number of hydrogen-bond acceptors (Lipinski definition) is 3. The van der Waals surface area contributed by atoms with Crippen LogP contribution in [0.4, 0.5) is 8.78 Å². The predicted octanol–water partition coefficient (Wildman–Crippen LogP) is 5.43. The van der Waals surface area contributed by atoms with E-state index in [4.69, 9.17) is 10.5 Å². The van der Waals surface area contributed by atoms with Crippen LogP contribution in [-0.2, 0) is 0 Å². The molecule has 158 valence electrons. The first kappa shape index (κ1) is 22.9. The summed E-state index contributed by atoms with van der Waals surface area (Å²) in [4.78, 5) is 20.6. The molecule has 2 N–H and O–H groups in total. The van der Waals surface area contributed by atoms with Crippen molar-refractivity contribution in [3.8, 4) is 16.9 Å². The SMILES string of the molecule is CC.CCC(N)=NC(=O)c1cc(C)c2nccc(-c3c(F)ccc(OC)c3F)c2c1. The number of nitrogens with two attached hydrogens (primary N) is 1. The molecule has 1 heterocycles. The van der Waals surface area contributed by atoms with E-state index in [1.54, 1.807) is 19.9 Å². The Balaban J connectivity index is 0.00000155. The van der Waals surface area contributed by atoms with Gasteiger partial charge < -0.3 is 10.5 Å². The molecule has 0 radical (unpaired) electrons. The van der Waals surface area contributed by atoms with E-state index in [1.165, 1.54) is 31.5 Å². The van der Waals surface area contributed by atoms with Gasteiger partial charge in [-0.2, -0.15) is 4.99 Å². The number of methoxy groups -OCH3 is 1. The molecule has 7 heteroatoms. The van der Waals surface area contributed by atoms with Crippen LogP contribution in [0.1, 0.15) is 43.1 Å². The maximum Gasteiger partial charge on any atom is 0.278 e. The molecule has 0 spiro atoms. The van der Waals surface area contributed by atoms with Crippen molar-refractivity contribution in [2.24, 2.45) is 10.7 Å². The van der Waals surface area contributed by atoms with Gasteiger partial charge in [-0.1, -0.05) is 20.8 Å². The van der Waals surface area contributed by atoms with Crippen molar-refractivity contribution in [2.45, 2.75) is 34.1 Å². The molecular formula is C23H25F2N3O2. The first-order chi connectivity index (χ1) is 14.4. The highest BCUT2D eigenvalue weighted by atomic mass is 19.1. The zero-order chi connectivity index (χ0) is 22.4. The highest BCUT2D eigenvalue weighted by Gasteiger charge is 2.20. The maximum atomic E-state index is 14.8. The Bertz CT molecular complexity index is 1110. The van der Waals surface area contributed by atoms with Crippen molar-refractivity contribution < 1.29 is 18.3 Å². The molecule has 2 aromatic carbocycles. The summed E-state index contributed by atoms with van der Waals surface area (Å²) in [5.74, 6) is -1.96. The lowest BCUT2D eigenvalue weighted by molar-refractivity contribution is 0.100. The molecule has 1 aromatic heterocycles. The van der Waals surface area contributed by atoms with Gasteiger partial charge in [-0.3, -0.25) is 9.78 Å². The molecule has 0 fully saturated rings. The number of nitrogens with zero attached hydrogens (tertiary/aromatic N) is 2. The van der Waals surface area contributed by atoms with Gasteiger partial charge in [0.2, 0.25) is 0 Å². The number of rotatable bonds is 4. The number of carbonyl (C=O) groups excluding carboxylic acids is 1. The minimum absolute atomic E-state index is 0.0781. The van der Waals surface area contributed by atoms with Crippen molar-refractivity contribution >= 4 is 22.6 Å². The summed E-state index contributed by atoms with van der Waals surface area (Å²) >= 11 is 0. The fourth-order valence-electron chi connectivity index (χ4n) is 2.99. The van der Waals surface area contributed by atoms with Crippen LogP contribution >= 0.6 is 0 Å². The molecule has 3 aromatic rings. The lowest BCUT2D eigenvalue weighted by Gasteiger charge is -2.13. The second kappa shape index (κ2) is 9.91. The molecule has 0 aliphatic carbocycles. The number of ether oxygens (including phenoxy) is 1. The van der Waals surface area contributed by atoms with Crippen LogP contribution in [0.25, 0.3) is 22.0 Å². The summed E-state index contributed by atoms with van der Waals surface area (Å²) in [6.45, 7) is 7.55. The van der Waals surface area contributed by atoms with E-state index in [1.807, 2.05) is 13.8 Å². The van der Waals surface area contributed by atoms with Gasteiger partial charge in [0.1, 0.15) is 11.7 Å². The Labute approximate surface area is 174 Å². The molecular weight excluding hydrogens is 388 g/mol. The van der Waals surface area contributed by atoms with Gasteiger partial charge in [-0.05, 0) is 48.4 Å². The molecule has 0 atom stereocenters. The quantitative estimate of drug-likeness (QED) is 0.457. The van der Waals surface area contributed by atoms with Crippen LogP contribution in [0.3, 0.4) is 0 Å². The van der Waals surface area contributed by atoms with E-state index in [9.17, 15) is 13.6 Å². The third-order valence-corrected chi connectivity index (χ3v) is 4.43. The third-order valence-electron chi connectivity index (χ3n) is 4.43. The van der Waals surface area contributed by atoms with Crippen LogP contribution in [0, 0.1) is 18.6 Å². The number of aliphatic imine (C=N–C) groups is 1. The van der Waals surface area contributed by atoms with Gasteiger partial charge in [0.25, 0.3) is 5.91 Å². The number of amidine groups is 1. The van der Waals surface area contributed by atoms with E-state index < -0.39 is 17.5 Å². The van der Waals surface area contributed by atoms with Crippen LogP contribution in [0.15, 0.2) is 41.5 Å². The Hall–Kier alpha value is -3.35. The molecule has 1 amide bonds. The molecule has 3 rings (SSSR count). The van der Waals surface area contributed by atoms with E-state index >= 15 is 0 Å². The summed E-state index contributed by atoms with van der Waals surface area (Å²) in [6.07, 6.45) is 1.91. The van der Waals surface area contributed by atoms with Crippen molar-refractivity contribution in [3.05, 3.63) is 59.3 Å². The Morgan fingerprint density at radius 2 is 1.90 bits per heavy atom. The molecule has 30 heavy (non-hydrogen) atoms. The number of aromatic nitrogens is 1. The molecule has 0 aliphatic heterocycles. The number of halogens is 2. The second-order valence-electron chi connectivity index (χ2n) is 6.25. The fourth-order valence-corrected chi connectivity index (χ4v) is 2.99. The van der Waals surface area contributed by atoms with Crippen molar-refractivity contribution in [2.75, 3.05) is 7.11 Å². The minimum atomic E-state index is -0.822. The zero-order valence-electron chi connectivity index (χ0n) is 17.7. The average molecular weight is 413 g/mol. The average Bonchev–Trinajstić information content (AvgIpc) is 2.75. The van der Waals surface area contributed by atoms with Gasteiger partial charge in [-0.15, -0.1) is 0 Å². The maximum absolute atomic E-state index is 14.8. The molecule has 5 nitrogen and oxygen atoms in total. The van der Waals surface area contributed by atoms with E-state index in [0.717, 1.165) is 6.07 Å². The lowest BCUT2D eigenvalue weighted by atomic mass is 9.96. The zero-order valence-corrected chi connectivity index (χ0v) is 17.7. The lowest BCUT2D eigenvalue weighted by Crippen LogP contribution is -2.13. The number of aryl methyl sites for hydroxylation is 1. The fraction of sp³-hybridized carbons (Fsp3) is 0.261. The first-order valence-corrected chi connectivity index (χ1v) is 9.66. The van der Waals surface area contributed by atoms with E-state index in [0.29, 0.717) is 22.9 Å². The summed E-state index contributed by atoms with van der Waals surface area (Å²) in [5.41, 5.74) is 7.15. The third kappa shape index (κ3) is 4.45. The van der Waals surface area contributed by atoms with E-state index in [2.05, 4.69) is 9.98 Å². The predicted molar refractivity (Wildman–Crippen MR) is 116 cm³/mol. The van der Waals surface area contributed by atoms with Gasteiger partial charge in [0, 0.05) is 23.6 Å². The number of amides is 1. The normalized spacial score (nSPS) is 11.1. The Kier molecular flexibility index (Phi) is 7.58. The summed E-state index contributed by atoms with van der Waals surface area (Å²) in [6, 6.07) is 7.02. The minimum Gasteiger partial charge on any atom is -0.494 e. The van der Waals surface area contributed by atoms with Crippen LogP contribution in [0.5, 0.6) is 5.75 Å². The van der Waals surface area contributed by atoms with Crippen LogP contribution in [-0.4, -0.2) is 23.8 Å². The van der Waals surface area contributed by atoms with Gasteiger partial charge in [0.15, 0.2) is 11.6 Å². The summed E-state index contributed by atoms with van der Waals surface area (Å²) in [5, 5.41) is 0.433. The van der Waals surface area contributed by atoms with Crippen LogP contribution < -0.4 is 10.5 Å². The topological polar surface area (TPSA) is 77.6 Å². The second-order valence-corrected chi connectivity index (χ2v) is 6.25. The first-order valence-electron chi connectivity index (χ1n) is 9.66. The number of pyridine rings is 1. The summed E-state index contributed by atoms with van der Waals surface area (Å²) in [7, 11) is 1.31. The number of fused-ring (bicyclic) bond motifs is 1. The number of benzene rings is 2. The Morgan fingerprint density at radius 1 is 1.20 bits per heavy atom. The molecule has 0 aliphatic rings. The highest BCUT2D eigenvalue weighted by Crippen LogP contribution is 2.36. The van der Waals surface area contributed by atoms with Gasteiger partial charge in [-0.25, -0.2) is 8.78 Å². The largest absolute Gasteiger partial charge is 0.494 e.